The molecule has 5 aromatic rings. The number of carbonyl (C=O) groups excluding carboxylic acids is 1. The Balaban J connectivity index is 0.981. The molecule has 3 aliphatic rings. The van der Waals surface area contributed by atoms with Gasteiger partial charge in [0.25, 0.3) is 0 Å². The Morgan fingerprint density at radius 2 is 1.68 bits per heavy atom. The van der Waals surface area contributed by atoms with Crippen LogP contribution in [0.3, 0.4) is 0 Å². The molecular formula is C51H56Cl2N4O5. The van der Waals surface area contributed by atoms with E-state index < -0.39 is 18.1 Å². The molecular weight excluding hydrogens is 819 g/mol. The fraction of sp³-hybridized carbons (Fsp3) is 0.392. The molecule has 324 valence electrons. The number of nitrogens with one attached hydrogen (secondary N) is 1. The number of pyridine rings is 1. The summed E-state index contributed by atoms with van der Waals surface area (Å²) in [6.45, 7) is 8.92. The summed E-state index contributed by atoms with van der Waals surface area (Å²) in [7, 11) is 2.10. The SMILES string of the molecule is CC[C@@H](Oc1ccc([C@H]2CN(C)Cc3cc4c(cc3O2)CN(CC2CCCC2)[C@H](C(=O)N[C@@H](Cc2ccc(-c3ccnc(C)c3C)cc2)C(=O)O)C4)cc1)c1ccc(Cl)c(Cl)c1. The number of carboxylic acid groups (broad SMARTS) is 1. The monoisotopic (exact) mass is 874 g/mol. The lowest BCUT2D eigenvalue weighted by Gasteiger charge is -2.38. The van der Waals surface area contributed by atoms with Gasteiger partial charge in [0.15, 0.2) is 0 Å². The Bertz CT molecular complexity index is 2400. The highest BCUT2D eigenvalue weighted by Gasteiger charge is 2.37. The Morgan fingerprint density at radius 3 is 2.39 bits per heavy atom. The summed E-state index contributed by atoms with van der Waals surface area (Å²) in [6, 6.07) is 26.6. The summed E-state index contributed by atoms with van der Waals surface area (Å²) in [4.78, 5) is 36.0. The van der Waals surface area contributed by atoms with Gasteiger partial charge in [0, 0.05) is 50.1 Å². The van der Waals surface area contributed by atoms with Crippen molar-refractivity contribution < 1.29 is 24.2 Å². The van der Waals surface area contributed by atoms with Crippen molar-refractivity contribution in [3.05, 3.63) is 146 Å². The molecule has 0 bridgehead atoms. The maximum Gasteiger partial charge on any atom is 0.326 e. The Labute approximate surface area is 375 Å². The first-order valence-corrected chi connectivity index (χ1v) is 22.7. The van der Waals surface area contributed by atoms with Crippen molar-refractivity contribution in [1.82, 2.24) is 20.1 Å². The lowest BCUT2D eigenvalue weighted by Crippen LogP contribution is -2.55. The number of amides is 1. The number of rotatable bonds is 13. The zero-order chi connectivity index (χ0) is 43.5. The molecule has 8 rings (SSSR count). The van der Waals surface area contributed by atoms with Crippen LogP contribution in [-0.4, -0.2) is 64.0 Å². The van der Waals surface area contributed by atoms with E-state index in [0.717, 1.165) is 93.1 Å². The number of likely N-dealkylation sites (N-methyl/N-ethyl adjacent to an activating group) is 1. The first-order valence-electron chi connectivity index (χ1n) is 21.9. The van der Waals surface area contributed by atoms with Crippen molar-refractivity contribution in [2.75, 3.05) is 20.1 Å². The molecule has 0 saturated heterocycles. The van der Waals surface area contributed by atoms with E-state index in [-0.39, 0.29) is 24.5 Å². The van der Waals surface area contributed by atoms with Crippen LogP contribution < -0.4 is 14.8 Å². The smallest absolute Gasteiger partial charge is 0.326 e. The number of halogens is 2. The highest BCUT2D eigenvalue weighted by atomic mass is 35.5. The zero-order valence-electron chi connectivity index (χ0n) is 36.0. The second-order valence-electron chi connectivity index (χ2n) is 17.5. The van der Waals surface area contributed by atoms with Gasteiger partial charge in [0.05, 0.1) is 16.1 Å². The molecule has 2 aliphatic heterocycles. The quantitative estimate of drug-likeness (QED) is 0.121. The number of carbonyl (C=O) groups is 2. The lowest BCUT2D eigenvalue weighted by atomic mass is 9.90. The number of aliphatic carboxylic acids is 1. The Kier molecular flexibility index (Phi) is 13.5. The zero-order valence-corrected chi connectivity index (χ0v) is 37.5. The van der Waals surface area contributed by atoms with Gasteiger partial charge in [-0.25, -0.2) is 4.79 Å². The molecule has 2 N–H and O–H groups in total. The van der Waals surface area contributed by atoms with E-state index in [1.807, 2.05) is 61.5 Å². The molecule has 3 heterocycles. The molecule has 62 heavy (non-hydrogen) atoms. The third kappa shape index (κ3) is 9.97. The largest absolute Gasteiger partial charge is 0.486 e. The highest BCUT2D eigenvalue weighted by Crippen LogP contribution is 2.38. The topological polar surface area (TPSA) is 104 Å². The van der Waals surface area contributed by atoms with Crippen LogP contribution in [0.2, 0.25) is 10.0 Å². The van der Waals surface area contributed by atoms with Gasteiger partial charge in [-0.1, -0.05) is 91.5 Å². The Hall–Kier alpha value is -4.93. The molecule has 1 aromatic heterocycles. The number of aromatic nitrogens is 1. The molecule has 0 spiro atoms. The van der Waals surface area contributed by atoms with Crippen LogP contribution >= 0.6 is 23.2 Å². The summed E-state index contributed by atoms with van der Waals surface area (Å²) in [5, 5.41) is 14.4. The van der Waals surface area contributed by atoms with Crippen LogP contribution in [0.5, 0.6) is 11.5 Å². The minimum Gasteiger partial charge on any atom is -0.486 e. The standard InChI is InChI=1S/C51H56Cl2N4O5/c1-5-47(37-16-19-43(52)44(53)24-37)61-41-17-14-36(15-18-41)49-30-56(4)28-40-23-38-25-46(57(27-34-8-6-7-9-34)29-39(38)26-48(40)62-49)50(58)55-45(51(59)60)22-33-10-12-35(13-11-33)42-20-21-54-32(3)31(42)2/h10-21,23-24,26,34,45-47,49H,5-9,22,25,27-30H2,1-4H3,(H,55,58)(H,59,60)/t45-,46-,47+,49+/m0/s1. The third-order valence-corrected chi connectivity index (χ3v) is 13.8. The molecule has 9 nitrogen and oxygen atoms in total. The van der Waals surface area contributed by atoms with Crippen molar-refractivity contribution in [3.8, 4) is 22.6 Å². The van der Waals surface area contributed by atoms with Crippen LogP contribution in [0.25, 0.3) is 11.1 Å². The van der Waals surface area contributed by atoms with Gasteiger partial charge in [-0.3, -0.25) is 19.6 Å². The summed E-state index contributed by atoms with van der Waals surface area (Å²) >= 11 is 12.5. The van der Waals surface area contributed by atoms with E-state index in [2.05, 4.69) is 65.3 Å². The molecule has 1 aliphatic carbocycles. The number of nitrogens with zero attached hydrogens (tertiary/aromatic N) is 3. The van der Waals surface area contributed by atoms with Crippen molar-refractivity contribution in [2.45, 2.75) is 103 Å². The summed E-state index contributed by atoms with van der Waals surface area (Å²) in [5.41, 5.74) is 10.5. The number of hydrogen-bond donors (Lipinski definition) is 2. The first-order chi connectivity index (χ1) is 29.9. The molecule has 4 atom stereocenters. The van der Waals surface area contributed by atoms with Gasteiger partial charge < -0.3 is 19.9 Å². The van der Waals surface area contributed by atoms with E-state index in [4.69, 9.17) is 32.7 Å². The van der Waals surface area contributed by atoms with Crippen LogP contribution in [0.1, 0.15) is 95.9 Å². The number of fused-ring (bicyclic) bond motifs is 2. The fourth-order valence-corrected chi connectivity index (χ4v) is 9.74. The number of ether oxygens (including phenoxy) is 2. The lowest BCUT2D eigenvalue weighted by molar-refractivity contribution is -0.142. The predicted molar refractivity (Wildman–Crippen MR) is 245 cm³/mol. The first kappa shape index (κ1) is 43.7. The molecule has 11 heteroatoms. The van der Waals surface area contributed by atoms with Crippen LogP contribution in [0.4, 0.5) is 0 Å². The van der Waals surface area contributed by atoms with E-state index in [9.17, 15) is 14.7 Å². The molecule has 1 fully saturated rings. The van der Waals surface area contributed by atoms with Gasteiger partial charge in [0.2, 0.25) is 5.91 Å². The van der Waals surface area contributed by atoms with Crippen LogP contribution in [0.15, 0.2) is 91.1 Å². The second kappa shape index (κ2) is 19.2. The van der Waals surface area contributed by atoms with Crippen LogP contribution in [-0.2, 0) is 35.5 Å². The number of benzene rings is 4. The highest BCUT2D eigenvalue weighted by molar-refractivity contribution is 6.42. The average Bonchev–Trinajstić information content (AvgIpc) is 3.72. The molecule has 0 unspecified atom stereocenters. The molecule has 1 amide bonds. The van der Waals surface area contributed by atoms with Crippen molar-refractivity contribution >= 4 is 35.1 Å². The summed E-state index contributed by atoms with van der Waals surface area (Å²) < 4.78 is 13.3. The Morgan fingerprint density at radius 1 is 0.919 bits per heavy atom. The third-order valence-electron chi connectivity index (χ3n) is 13.1. The van der Waals surface area contributed by atoms with Crippen molar-refractivity contribution in [2.24, 2.45) is 5.92 Å². The normalized spacial score (nSPS) is 19.1. The average molecular weight is 876 g/mol. The molecule has 4 aromatic carbocycles. The van der Waals surface area contributed by atoms with Crippen LogP contribution in [0, 0.1) is 19.8 Å². The molecule has 0 radical (unpaired) electrons. The minimum atomic E-state index is -1.06. The van der Waals surface area contributed by atoms with Gasteiger partial charge in [0.1, 0.15) is 29.7 Å². The molecule has 1 saturated carbocycles. The maximum absolute atomic E-state index is 14.3. The van der Waals surface area contributed by atoms with Gasteiger partial charge in [-0.2, -0.15) is 0 Å². The second-order valence-corrected chi connectivity index (χ2v) is 18.3. The maximum atomic E-state index is 14.3. The number of hydrogen-bond acceptors (Lipinski definition) is 7. The van der Waals surface area contributed by atoms with E-state index >= 15 is 0 Å². The van der Waals surface area contributed by atoms with E-state index in [0.29, 0.717) is 42.0 Å². The summed E-state index contributed by atoms with van der Waals surface area (Å²) in [6.07, 6.45) is 7.59. The minimum absolute atomic E-state index is 0.165. The van der Waals surface area contributed by atoms with Crippen molar-refractivity contribution in [1.29, 1.82) is 0 Å². The van der Waals surface area contributed by atoms with Gasteiger partial charge in [-0.15, -0.1) is 0 Å². The number of carboxylic acids is 1. The van der Waals surface area contributed by atoms with Gasteiger partial charge in [-0.05, 0) is 133 Å². The number of aryl methyl sites for hydroxylation is 1. The predicted octanol–water partition coefficient (Wildman–Crippen LogP) is 10.5. The van der Waals surface area contributed by atoms with E-state index in [1.165, 1.54) is 12.8 Å². The summed E-state index contributed by atoms with van der Waals surface area (Å²) in [5.74, 6) is 0.849. The fourth-order valence-electron chi connectivity index (χ4n) is 9.43. The van der Waals surface area contributed by atoms with Crippen molar-refractivity contribution in [3.63, 3.8) is 0 Å². The van der Waals surface area contributed by atoms with Gasteiger partial charge >= 0.3 is 5.97 Å². The van der Waals surface area contributed by atoms with E-state index in [1.54, 1.807) is 12.3 Å².